The Morgan fingerprint density at radius 2 is 1.97 bits per heavy atom. The number of carbonyl (C=O) groups excluding carboxylic acids is 2. The number of amides is 2. The number of anilines is 2. The molecule has 2 fully saturated rings. The Kier molecular flexibility index (Phi) is 6.38. The van der Waals surface area contributed by atoms with Crippen LogP contribution in [0.1, 0.15) is 53.2 Å². The highest BCUT2D eigenvalue weighted by atomic mass is 16.2. The van der Waals surface area contributed by atoms with Gasteiger partial charge < -0.3 is 16.0 Å². The topological polar surface area (TPSA) is 143 Å². The van der Waals surface area contributed by atoms with Crippen LogP contribution in [0.2, 0.25) is 0 Å². The molecule has 0 unspecified atom stereocenters. The van der Waals surface area contributed by atoms with Crippen molar-refractivity contribution in [3.63, 3.8) is 0 Å². The number of nitrogens with two attached hydrogens (primary N) is 1. The van der Waals surface area contributed by atoms with Crippen molar-refractivity contribution in [1.29, 1.82) is 5.26 Å². The zero-order chi connectivity index (χ0) is 25.2. The number of rotatable bonds is 7. The Balaban J connectivity index is 1.29. The molecular weight excluding hydrogens is 456 g/mol. The molecule has 1 aliphatic heterocycles. The number of nitrogens with zero attached hydrogens (tertiary/aromatic N) is 6. The number of hydrogen-bond acceptors (Lipinski definition) is 7. The van der Waals surface area contributed by atoms with Gasteiger partial charge in [0.15, 0.2) is 0 Å². The van der Waals surface area contributed by atoms with Crippen LogP contribution in [0, 0.1) is 24.2 Å². The third kappa shape index (κ3) is 4.91. The average Bonchev–Trinajstić information content (AvgIpc) is 3.63. The van der Waals surface area contributed by atoms with E-state index >= 15 is 0 Å². The first-order valence-electron chi connectivity index (χ1n) is 12.2. The van der Waals surface area contributed by atoms with E-state index in [1.807, 2.05) is 22.7 Å². The van der Waals surface area contributed by atoms with Gasteiger partial charge in [-0.2, -0.15) is 10.4 Å². The summed E-state index contributed by atoms with van der Waals surface area (Å²) in [4.78, 5) is 35.1. The number of nitriles is 1. The number of aryl methyl sites for hydroxylation is 1. The molecule has 184 valence electrons. The van der Waals surface area contributed by atoms with Crippen molar-refractivity contribution in [3.8, 4) is 17.3 Å². The molecule has 1 aliphatic carbocycles. The summed E-state index contributed by atoms with van der Waals surface area (Å²) in [6, 6.07) is 7.52. The Bertz CT molecular complexity index is 1350. The molecule has 3 N–H and O–H groups in total. The van der Waals surface area contributed by atoms with Crippen LogP contribution in [0.5, 0.6) is 0 Å². The average molecular weight is 485 g/mol. The zero-order valence-corrected chi connectivity index (χ0v) is 20.1. The van der Waals surface area contributed by atoms with Crippen LogP contribution in [0.4, 0.5) is 11.6 Å². The van der Waals surface area contributed by atoms with E-state index in [1.54, 1.807) is 30.6 Å². The first kappa shape index (κ1) is 23.5. The van der Waals surface area contributed by atoms with E-state index in [9.17, 15) is 9.59 Å². The fourth-order valence-corrected chi connectivity index (χ4v) is 4.68. The highest BCUT2D eigenvalue weighted by molar-refractivity contribution is 5.95. The molecular formula is C26H28N8O2. The molecule has 10 nitrogen and oxygen atoms in total. The summed E-state index contributed by atoms with van der Waals surface area (Å²) in [5.41, 5.74) is 9.46. The summed E-state index contributed by atoms with van der Waals surface area (Å²) in [5.74, 6) is 0.430. The number of primary amides is 1. The van der Waals surface area contributed by atoms with Crippen LogP contribution >= 0.6 is 0 Å². The smallest absolute Gasteiger partial charge is 0.249 e. The Hall–Kier alpha value is -4.26. The molecule has 0 spiro atoms. The van der Waals surface area contributed by atoms with Crippen LogP contribution in [-0.4, -0.2) is 49.6 Å². The maximum Gasteiger partial charge on any atom is 0.249 e. The van der Waals surface area contributed by atoms with Gasteiger partial charge >= 0.3 is 0 Å². The zero-order valence-electron chi connectivity index (χ0n) is 20.1. The molecule has 3 aromatic rings. The van der Waals surface area contributed by atoms with Gasteiger partial charge in [0.1, 0.15) is 0 Å². The summed E-state index contributed by atoms with van der Waals surface area (Å²) >= 11 is 0. The van der Waals surface area contributed by atoms with E-state index in [2.05, 4.69) is 26.5 Å². The van der Waals surface area contributed by atoms with E-state index in [4.69, 9.17) is 11.0 Å². The predicted molar refractivity (Wildman–Crippen MR) is 133 cm³/mol. The lowest BCUT2D eigenvalue weighted by Gasteiger charge is -2.32. The molecule has 1 saturated heterocycles. The number of benzene rings is 1. The van der Waals surface area contributed by atoms with E-state index in [0.29, 0.717) is 28.7 Å². The standard InChI is InChI=1S/C26H28N8O2/c1-16-13-29-26(32-23(16)19-4-5-22(24(28)35)18(12-19)6-9-27)31-20-14-30-34(15-20)21-7-10-33(11-8-21)25(36)17-2-3-17/h4-5,12-15,17,21H,2-3,6-8,10-11H2,1H3,(H2,28,35)(H,29,31,32). The molecule has 2 aliphatic rings. The van der Waals surface area contributed by atoms with Gasteiger partial charge in [0.2, 0.25) is 17.8 Å². The summed E-state index contributed by atoms with van der Waals surface area (Å²) in [6.45, 7) is 3.45. The third-order valence-electron chi connectivity index (χ3n) is 6.82. The maximum atomic E-state index is 12.3. The van der Waals surface area contributed by atoms with Crippen LogP contribution < -0.4 is 11.1 Å². The van der Waals surface area contributed by atoms with Crippen molar-refractivity contribution in [2.45, 2.75) is 45.1 Å². The molecule has 1 saturated carbocycles. The normalized spacial score (nSPS) is 15.9. The molecule has 0 atom stereocenters. The molecule has 2 amide bonds. The van der Waals surface area contributed by atoms with E-state index in [0.717, 1.165) is 55.6 Å². The molecule has 1 aromatic carbocycles. The minimum atomic E-state index is -0.564. The fourth-order valence-electron chi connectivity index (χ4n) is 4.68. The third-order valence-corrected chi connectivity index (χ3v) is 6.82. The van der Waals surface area contributed by atoms with Crippen molar-refractivity contribution >= 4 is 23.5 Å². The summed E-state index contributed by atoms with van der Waals surface area (Å²) in [5, 5.41) is 16.9. The number of aromatic nitrogens is 4. The number of hydrogen-bond donors (Lipinski definition) is 2. The lowest BCUT2D eigenvalue weighted by atomic mass is 9.98. The van der Waals surface area contributed by atoms with Gasteiger partial charge in [-0.1, -0.05) is 6.07 Å². The van der Waals surface area contributed by atoms with Crippen molar-refractivity contribution < 1.29 is 9.59 Å². The van der Waals surface area contributed by atoms with Gasteiger partial charge in [0, 0.05) is 42.5 Å². The second-order valence-electron chi connectivity index (χ2n) is 9.46. The monoisotopic (exact) mass is 484 g/mol. The van der Waals surface area contributed by atoms with E-state index in [1.165, 1.54) is 0 Å². The fraction of sp³-hybridized carbons (Fsp3) is 0.385. The van der Waals surface area contributed by atoms with Gasteiger partial charge in [-0.05, 0) is 55.9 Å². The Morgan fingerprint density at radius 3 is 2.67 bits per heavy atom. The molecule has 0 radical (unpaired) electrons. The van der Waals surface area contributed by atoms with Gasteiger partial charge in [0.25, 0.3) is 0 Å². The second kappa shape index (κ2) is 9.77. The highest BCUT2D eigenvalue weighted by Crippen LogP contribution is 2.33. The molecule has 36 heavy (non-hydrogen) atoms. The first-order chi connectivity index (χ1) is 17.4. The van der Waals surface area contributed by atoms with Crippen LogP contribution in [0.25, 0.3) is 11.3 Å². The number of carbonyl (C=O) groups is 2. The molecule has 10 heteroatoms. The lowest BCUT2D eigenvalue weighted by molar-refractivity contribution is -0.133. The lowest BCUT2D eigenvalue weighted by Crippen LogP contribution is -2.39. The molecule has 5 rings (SSSR count). The quantitative estimate of drug-likeness (QED) is 0.524. The Labute approximate surface area is 209 Å². The van der Waals surface area contributed by atoms with Crippen molar-refractivity contribution in [2.75, 3.05) is 18.4 Å². The summed E-state index contributed by atoms with van der Waals surface area (Å²) in [6.07, 6.45) is 9.34. The molecule has 3 heterocycles. The van der Waals surface area contributed by atoms with E-state index < -0.39 is 5.91 Å². The summed E-state index contributed by atoms with van der Waals surface area (Å²) < 4.78 is 1.95. The minimum absolute atomic E-state index is 0.0776. The number of likely N-dealkylation sites (tertiary alicyclic amines) is 1. The van der Waals surface area contributed by atoms with E-state index in [-0.39, 0.29) is 18.4 Å². The van der Waals surface area contributed by atoms with Gasteiger partial charge in [-0.25, -0.2) is 9.97 Å². The Morgan fingerprint density at radius 1 is 1.19 bits per heavy atom. The maximum absolute atomic E-state index is 12.3. The van der Waals surface area contributed by atoms with Crippen LogP contribution in [-0.2, 0) is 11.2 Å². The largest absolute Gasteiger partial charge is 0.366 e. The van der Waals surface area contributed by atoms with Crippen molar-refractivity contribution in [2.24, 2.45) is 11.7 Å². The van der Waals surface area contributed by atoms with Gasteiger partial charge in [0.05, 0.1) is 36.1 Å². The second-order valence-corrected chi connectivity index (χ2v) is 9.46. The predicted octanol–water partition coefficient (Wildman–Crippen LogP) is 3.13. The first-order valence-corrected chi connectivity index (χ1v) is 12.2. The molecule has 2 aromatic heterocycles. The number of piperidine rings is 1. The minimum Gasteiger partial charge on any atom is -0.366 e. The van der Waals surface area contributed by atoms with Crippen molar-refractivity contribution in [3.05, 3.63) is 53.5 Å². The SMILES string of the molecule is Cc1cnc(Nc2cnn(C3CCN(C(=O)C4CC4)CC3)c2)nc1-c1ccc(C(N)=O)c(CC#N)c1. The summed E-state index contributed by atoms with van der Waals surface area (Å²) in [7, 11) is 0. The highest BCUT2D eigenvalue weighted by Gasteiger charge is 2.35. The number of nitrogens with one attached hydrogen (secondary N) is 1. The van der Waals surface area contributed by atoms with Crippen LogP contribution in [0.3, 0.4) is 0 Å². The van der Waals surface area contributed by atoms with Gasteiger partial charge in [-0.3, -0.25) is 14.3 Å². The van der Waals surface area contributed by atoms with Gasteiger partial charge in [-0.15, -0.1) is 0 Å². The molecule has 0 bridgehead atoms. The van der Waals surface area contributed by atoms with Crippen molar-refractivity contribution in [1.82, 2.24) is 24.6 Å². The van der Waals surface area contributed by atoms with Crippen LogP contribution in [0.15, 0.2) is 36.8 Å².